The minimum Gasteiger partial charge on any atom is -0.207 e. The third kappa shape index (κ3) is 3.55. The van der Waals surface area contributed by atoms with Crippen molar-refractivity contribution in [2.75, 3.05) is 0 Å². The van der Waals surface area contributed by atoms with Crippen molar-refractivity contribution >= 4 is 15.6 Å². The lowest BCUT2D eigenvalue weighted by molar-refractivity contribution is 0.408. The topological polar surface area (TPSA) is 46.2 Å². The van der Waals surface area contributed by atoms with Gasteiger partial charge in [-0.3, -0.25) is 0 Å². The van der Waals surface area contributed by atoms with Gasteiger partial charge in [-0.1, -0.05) is 81.3 Å². The van der Waals surface area contributed by atoms with Crippen LogP contribution < -0.4 is 4.72 Å². The molecule has 4 heteroatoms. The van der Waals surface area contributed by atoms with Gasteiger partial charge in [-0.15, -0.1) is 0 Å². The van der Waals surface area contributed by atoms with Gasteiger partial charge in [-0.05, 0) is 30.0 Å². The van der Waals surface area contributed by atoms with Crippen LogP contribution in [0.3, 0.4) is 0 Å². The molecule has 0 amide bonds. The molecule has 1 N–H and O–H groups in total. The molecule has 0 saturated carbocycles. The molecule has 0 saturated heterocycles. The minimum absolute atomic E-state index is 0.358. The highest BCUT2D eigenvalue weighted by Crippen LogP contribution is 2.37. The largest absolute Gasteiger partial charge is 0.241 e. The van der Waals surface area contributed by atoms with Crippen LogP contribution in [-0.4, -0.2) is 14.0 Å². The van der Waals surface area contributed by atoms with Crippen molar-refractivity contribution in [1.29, 1.82) is 0 Å². The first-order valence-corrected chi connectivity index (χ1v) is 10.4. The standard InChI is InChI=1S/C21H25NO2S/c1-3-5-15-21(4-2)16-19(17-11-7-6-8-12-17)18-13-9-10-14-20(18)25(23,24)22-21/h6-14,16,22H,3-5,15H2,1-2H3. The first kappa shape index (κ1) is 17.9. The first-order valence-electron chi connectivity index (χ1n) is 8.93. The number of hydrogen-bond acceptors (Lipinski definition) is 2. The van der Waals surface area contributed by atoms with Gasteiger partial charge in [0.15, 0.2) is 0 Å². The van der Waals surface area contributed by atoms with Crippen LogP contribution in [0.15, 0.2) is 65.6 Å². The SMILES string of the molecule is CCCCC1(CC)C=C(c2ccccc2)c2ccccc2S(=O)(=O)N1. The Labute approximate surface area is 150 Å². The molecule has 0 fully saturated rings. The van der Waals surface area contributed by atoms with E-state index in [2.05, 4.69) is 17.7 Å². The van der Waals surface area contributed by atoms with Crippen molar-refractivity contribution in [2.24, 2.45) is 0 Å². The molecule has 3 nitrogen and oxygen atoms in total. The fraction of sp³-hybridized carbons (Fsp3) is 0.333. The Morgan fingerprint density at radius 2 is 1.64 bits per heavy atom. The van der Waals surface area contributed by atoms with Crippen LogP contribution in [0.1, 0.15) is 50.7 Å². The number of fused-ring (bicyclic) bond motifs is 1. The number of rotatable bonds is 5. The first-order chi connectivity index (χ1) is 12.0. The predicted octanol–water partition coefficient (Wildman–Crippen LogP) is 4.75. The zero-order valence-electron chi connectivity index (χ0n) is 14.8. The van der Waals surface area contributed by atoms with Crippen molar-refractivity contribution in [2.45, 2.75) is 50.0 Å². The monoisotopic (exact) mass is 355 g/mol. The minimum atomic E-state index is -3.57. The quantitative estimate of drug-likeness (QED) is 0.841. The molecule has 0 spiro atoms. The fourth-order valence-electron chi connectivity index (χ4n) is 3.45. The van der Waals surface area contributed by atoms with E-state index >= 15 is 0 Å². The van der Waals surface area contributed by atoms with Gasteiger partial charge in [0.05, 0.1) is 10.4 Å². The average molecular weight is 356 g/mol. The molecule has 1 unspecified atom stereocenters. The second kappa shape index (κ2) is 7.14. The zero-order valence-corrected chi connectivity index (χ0v) is 15.6. The van der Waals surface area contributed by atoms with Gasteiger partial charge in [0, 0.05) is 5.56 Å². The maximum Gasteiger partial charge on any atom is 0.241 e. The molecule has 0 aliphatic carbocycles. The Morgan fingerprint density at radius 3 is 2.32 bits per heavy atom. The van der Waals surface area contributed by atoms with Crippen LogP contribution in [0, 0.1) is 0 Å². The predicted molar refractivity (Wildman–Crippen MR) is 103 cm³/mol. The molecule has 0 aromatic heterocycles. The molecular weight excluding hydrogens is 330 g/mol. The highest BCUT2D eigenvalue weighted by Gasteiger charge is 2.36. The molecule has 1 aliphatic rings. The lowest BCUT2D eigenvalue weighted by Crippen LogP contribution is -2.45. The normalized spacial score (nSPS) is 21.9. The van der Waals surface area contributed by atoms with Gasteiger partial charge in [-0.25, -0.2) is 13.1 Å². The number of nitrogens with one attached hydrogen (secondary N) is 1. The average Bonchev–Trinajstić information content (AvgIpc) is 2.74. The summed E-state index contributed by atoms with van der Waals surface area (Å²) in [7, 11) is -3.57. The summed E-state index contributed by atoms with van der Waals surface area (Å²) in [5.41, 5.74) is 2.25. The number of hydrogen-bond donors (Lipinski definition) is 1. The second-order valence-corrected chi connectivity index (χ2v) is 8.29. The van der Waals surface area contributed by atoms with Gasteiger partial charge in [0.2, 0.25) is 10.0 Å². The van der Waals surface area contributed by atoms with Gasteiger partial charge in [0.1, 0.15) is 0 Å². The van der Waals surface area contributed by atoms with Crippen LogP contribution in [0.2, 0.25) is 0 Å². The number of sulfonamides is 1. The number of unbranched alkanes of at least 4 members (excludes halogenated alkanes) is 1. The summed E-state index contributed by atoms with van der Waals surface area (Å²) >= 11 is 0. The Morgan fingerprint density at radius 1 is 0.960 bits per heavy atom. The highest BCUT2D eigenvalue weighted by atomic mass is 32.2. The summed E-state index contributed by atoms with van der Waals surface area (Å²) in [6.45, 7) is 4.18. The van der Waals surface area contributed by atoms with Crippen LogP contribution in [0.4, 0.5) is 0 Å². The molecule has 1 aliphatic heterocycles. The lowest BCUT2D eigenvalue weighted by Gasteiger charge is -2.30. The van der Waals surface area contributed by atoms with Gasteiger partial charge in [-0.2, -0.15) is 0 Å². The highest BCUT2D eigenvalue weighted by molar-refractivity contribution is 7.89. The molecule has 3 rings (SSSR count). The Kier molecular flexibility index (Phi) is 5.11. The third-order valence-corrected chi connectivity index (χ3v) is 6.53. The molecule has 2 aromatic rings. The van der Waals surface area contributed by atoms with E-state index in [-0.39, 0.29) is 0 Å². The zero-order chi connectivity index (χ0) is 17.9. The van der Waals surface area contributed by atoms with Crippen LogP contribution >= 0.6 is 0 Å². The lowest BCUT2D eigenvalue weighted by atomic mass is 9.85. The third-order valence-electron chi connectivity index (χ3n) is 4.92. The van der Waals surface area contributed by atoms with Gasteiger partial charge >= 0.3 is 0 Å². The van der Waals surface area contributed by atoms with Crippen molar-refractivity contribution < 1.29 is 8.42 Å². The van der Waals surface area contributed by atoms with E-state index in [1.165, 1.54) is 0 Å². The Bertz CT molecular complexity index is 872. The molecule has 25 heavy (non-hydrogen) atoms. The van der Waals surface area contributed by atoms with E-state index < -0.39 is 15.6 Å². The smallest absolute Gasteiger partial charge is 0.207 e. The van der Waals surface area contributed by atoms with Crippen LogP contribution in [0.5, 0.6) is 0 Å². The Hall–Kier alpha value is -1.91. The maximum absolute atomic E-state index is 13.1. The molecule has 132 valence electrons. The van der Waals surface area contributed by atoms with E-state index in [4.69, 9.17) is 0 Å². The molecule has 1 heterocycles. The summed E-state index contributed by atoms with van der Waals surface area (Å²) in [6, 6.07) is 17.3. The molecule has 0 bridgehead atoms. The van der Waals surface area contributed by atoms with Crippen molar-refractivity contribution in [3.05, 3.63) is 71.8 Å². The van der Waals surface area contributed by atoms with Crippen LogP contribution in [-0.2, 0) is 10.0 Å². The van der Waals surface area contributed by atoms with E-state index in [0.29, 0.717) is 4.90 Å². The Balaban J connectivity index is 2.27. The molecule has 1 atom stereocenters. The summed E-state index contributed by atoms with van der Waals surface area (Å²) in [5.74, 6) is 0. The van der Waals surface area contributed by atoms with E-state index in [0.717, 1.165) is 42.4 Å². The number of benzene rings is 2. The van der Waals surface area contributed by atoms with E-state index in [1.54, 1.807) is 12.1 Å². The van der Waals surface area contributed by atoms with Crippen LogP contribution in [0.25, 0.3) is 5.57 Å². The van der Waals surface area contributed by atoms with Crippen molar-refractivity contribution in [1.82, 2.24) is 4.72 Å². The summed E-state index contributed by atoms with van der Waals surface area (Å²) < 4.78 is 29.1. The molecule has 0 radical (unpaired) electrons. The van der Waals surface area contributed by atoms with E-state index in [1.807, 2.05) is 49.4 Å². The summed E-state index contributed by atoms with van der Waals surface area (Å²) in [5, 5.41) is 0. The van der Waals surface area contributed by atoms with Crippen molar-refractivity contribution in [3.8, 4) is 0 Å². The maximum atomic E-state index is 13.1. The summed E-state index contributed by atoms with van der Waals surface area (Å²) in [4.78, 5) is 0.358. The van der Waals surface area contributed by atoms with Gasteiger partial charge in [0.25, 0.3) is 0 Å². The summed E-state index contributed by atoms with van der Waals surface area (Å²) in [6.07, 6.45) is 5.66. The second-order valence-electron chi connectivity index (χ2n) is 6.64. The molecular formula is C21H25NO2S. The fourth-order valence-corrected chi connectivity index (χ4v) is 5.13. The van der Waals surface area contributed by atoms with Gasteiger partial charge < -0.3 is 0 Å². The van der Waals surface area contributed by atoms with Crippen molar-refractivity contribution in [3.63, 3.8) is 0 Å². The van der Waals surface area contributed by atoms with E-state index in [9.17, 15) is 8.42 Å². The molecule has 2 aromatic carbocycles.